The summed E-state index contributed by atoms with van der Waals surface area (Å²) < 4.78 is 14.3. The largest absolute Gasteiger partial charge is 0.464 e. The molecule has 2 N–H and O–H groups in total. The zero-order valence-corrected chi connectivity index (χ0v) is 38.3. The number of carbonyl (C=O) groups is 4. The first-order valence-electron chi connectivity index (χ1n) is 22.3. The van der Waals surface area contributed by atoms with E-state index in [9.17, 15) is 19.2 Å². The van der Waals surface area contributed by atoms with Crippen molar-refractivity contribution in [1.82, 2.24) is 40.1 Å². The summed E-state index contributed by atoms with van der Waals surface area (Å²) in [6, 6.07) is 7.99. The zero-order valence-electron chi connectivity index (χ0n) is 37.5. The Morgan fingerprint density at radius 1 is 1.11 bits per heavy atom. The Bertz CT molecular complexity index is 2360. The molecule has 5 atom stereocenters. The van der Waals surface area contributed by atoms with E-state index in [-0.39, 0.29) is 42.8 Å². The fraction of sp³-hybridized carbons (Fsp3) is 0.574. The Morgan fingerprint density at radius 2 is 1.90 bits per heavy atom. The first-order chi connectivity index (χ1) is 29.6. The number of hydrogen-bond donors (Lipinski definition) is 2. The average Bonchev–Trinajstić information content (AvgIpc) is 4.04. The molecule has 3 saturated heterocycles. The second-order valence-corrected chi connectivity index (χ2v) is 19.9. The Balaban J connectivity index is 1.19. The lowest BCUT2D eigenvalue weighted by molar-refractivity contribution is -0.155. The lowest BCUT2D eigenvalue weighted by Crippen LogP contribution is -2.62. The van der Waals surface area contributed by atoms with E-state index in [1.807, 2.05) is 39.3 Å². The van der Waals surface area contributed by atoms with Crippen molar-refractivity contribution in [1.29, 1.82) is 0 Å². The lowest BCUT2D eigenvalue weighted by atomic mass is 9.84. The maximum Gasteiger partial charge on any atom is 0.324 e. The monoisotopic (exact) mass is 866 g/mol. The maximum absolute atomic E-state index is 14.6. The third kappa shape index (κ3) is 8.28. The second-order valence-electron chi connectivity index (χ2n) is 19.0. The van der Waals surface area contributed by atoms with Gasteiger partial charge in [0.1, 0.15) is 18.1 Å². The molecule has 332 valence electrons. The molecule has 1 unspecified atom stereocenters. The van der Waals surface area contributed by atoms with Gasteiger partial charge in [0.2, 0.25) is 11.8 Å². The van der Waals surface area contributed by atoms with E-state index in [1.165, 1.54) is 16.3 Å². The van der Waals surface area contributed by atoms with Crippen LogP contribution in [0.15, 0.2) is 41.9 Å². The standard InChI is InChI=1S/C47H62N8O6S/c1-9-53-37-15-14-30-22-32(37)33(41(53)31-12-10-18-48-39(31)29(4)60-8)24-46(5,6)27-61-44(58)34-13-11-19-55(51-34)43(57)35(23-38-49-36(30)25-62-38)50-42(56)40(28(2)3)54-21-17-47(45(54)59)16-20-52(7)26-47/h10,12,14-15,18,22,25,28-29,34-35,40,51H,9,11,13,16-17,19-21,23-24,26-27H2,1-8H3,(H,50,56)/t29-,34-,35-,40-,47?/m0/s1. The topological polar surface area (TPSA) is 151 Å². The fourth-order valence-electron chi connectivity index (χ4n) is 10.2. The van der Waals surface area contributed by atoms with Crippen LogP contribution in [0.1, 0.15) is 89.6 Å². The summed E-state index contributed by atoms with van der Waals surface area (Å²) in [5, 5.41) is 8.33. The third-order valence-electron chi connectivity index (χ3n) is 13.5. The van der Waals surface area contributed by atoms with Crippen molar-refractivity contribution >= 4 is 45.9 Å². The molecule has 0 saturated carbocycles. The molecule has 1 spiro atoms. The number of carbonyl (C=O) groups excluding carboxylic acids is 4. The van der Waals surface area contributed by atoms with E-state index in [0.717, 1.165) is 57.6 Å². The Kier molecular flexibility index (Phi) is 12.4. The van der Waals surface area contributed by atoms with Gasteiger partial charge in [-0.05, 0) is 95.3 Å². The molecule has 3 amide bonds. The number of hydrogen-bond acceptors (Lipinski definition) is 11. The molecule has 4 aliphatic rings. The van der Waals surface area contributed by atoms with Gasteiger partial charge in [0.15, 0.2) is 0 Å². The van der Waals surface area contributed by atoms with Crippen LogP contribution in [0.2, 0.25) is 0 Å². The number of nitrogens with one attached hydrogen (secondary N) is 2. The van der Waals surface area contributed by atoms with Crippen LogP contribution in [-0.2, 0) is 48.0 Å². The molecule has 7 heterocycles. The fourth-order valence-corrected chi connectivity index (χ4v) is 11.0. The van der Waals surface area contributed by atoms with Crippen molar-refractivity contribution in [3.63, 3.8) is 0 Å². The van der Waals surface area contributed by atoms with Crippen LogP contribution in [-0.4, -0.2) is 118 Å². The molecule has 8 rings (SSSR count). The van der Waals surface area contributed by atoms with E-state index < -0.39 is 34.9 Å². The van der Waals surface area contributed by atoms with Crippen LogP contribution in [0, 0.1) is 16.7 Å². The molecular formula is C47H62N8O6S. The third-order valence-corrected chi connectivity index (χ3v) is 14.4. The summed E-state index contributed by atoms with van der Waals surface area (Å²) in [6.07, 6.45) is 4.85. The average molecular weight is 867 g/mol. The van der Waals surface area contributed by atoms with Gasteiger partial charge in [-0.3, -0.25) is 29.2 Å². The summed E-state index contributed by atoms with van der Waals surface area (Å²) in [7, 11) is 3.73. The van der Waals surface area contributed by atoms with E-state index in [2.05, 4.69) is 65.2 Å². The first-order valence-corrected chi connectivity index (χ1v) is 23.1. The van der Waals surface area contributed by atoms with Crippen molar-refractivity contribution in [3.8, 4) is 22.5 Å². The molecule has 6 bridgehead atoms. The predicted octanol–water partition coefficient (Wildman–Crippen LogP) is 5.78. The van der Waals surface area contributed by atoms with Gasteiger partial charge in [-0.15, -0.1) is 11.3 Å². The summed E-state index contributed by atoms with van der Waals surface area (Å²) in [4.78, 5) is 70.9. The highest BCUT2D eigenvalue weighted by Crippen LogP contribution is 2.43. The summed E-state index contributed by atoms with van der Waals surface area (Å²) >= 11 is 1.45. The van der Waals surface area contributed by atoms with Crippen molar-refractivity contribution in [2.75, 3.05) is 46.9 Å². The van der Waals surface area contributed by atoms with E-state index in [1.54, 1.807) is 18.2 Å². The second kappa shape index (κ2) is 17.5. The number of esters is 1. The van der Waals surface area contributed by atoms with Crippen molar-refractivity contribution in [3.05, 3.63) is 58.2 Å². The van der Waals surface area contributed by atoms with Crippen LogP contribution in [0.3, 0.4) is 0 Å². The number of fused-ring (bicyclic) bond motifs is 6. The van der Waals surface area contributed by atoms with Crippen LogP contribution in [0.4, 0.5) is 0 Å². The smallest absolute Gasteiger partial charge is 0.324 e. The number of rotatable bonds is 8. The Morgan fingerprint density at radius 3 is 2.63 bits per heavy atom. The molecule has 0 radical (unpaired) electrons. The number of amides is 3. The number of hydrazine groups is 1. The van der Waals surface area contributed by atoms with Crippen LogP contribution >= 0.6 is 11.3 Å². The molecule has 1 aromatic carbocycles. The summed E-state index contributed by atoms with van der Waals surface area (Å²) in [6.45, 7) is 15.5. The molecule has 0 aliphatic carbocycles. The molecule has 4 aromatic rings. The Hall–Kier alpha value is -4.70. The number of nitrogens with zero attached hydrogens (tertiary/aromatic N) is 6. The van der Waals surface area contributed by atoms with Crippen molar-refractivity contribution in [2.24, 2.45) is 16.7 Å². The van der Waals surface area contributed by atoms with Gasteiger partial charge in [0.25, 0.3) is 5.91 Å². The minimum Gasteiger partial charge on any atom is -0.464 e. The Labute approximate surface area is 368 Å². The number of aromatic nitrogens is 3. The van der Waals surface area contributed by atoms with E-state index in [4.69, 9.17) is 19.4 Å². The van der Waals surface area contributed by atoms with Gasteiger partial charge in [0.05, 0.1) is 40.2 Å². The molecule has 14 nitrogen and oxygen atoms in total. The van der Waals surface area contributed by atoms with Gasteiger partial charge in [-0.1, -0.05) is 33.8 Å². The zero-order chi connectivity index (χ0) is 44.1. The number of benzene rings is 1. The van der Waals surface area contributed by atoms with Crippen molar-refractivity contribution < 1.29 is 28.7 Å². The maximum atomic E-state index is 14.6. The van der Waals surface area contributed by atoms with Crippen molar-refractivity contribution in [2.45, 2.75) is 111 Å². The first kappa shape index (κ1) is 43.9. The molecule has 4 aliphatic heterocycles. The number of aryl methyl sites for hydroxylation is 1. The van der Waals surface area contributed by atoms with Gasteiger partial charge in [-0.25, -0.2) is 10.4 Å². The number of cyclic esters (lactones) is 1. The normalized spacial score (nSPS) is 24.5. The SMILES string of the molecule is CCn1c(-c2cccnc2[C@H](C)OC)c2c3cc(ccc31)-c1csc(n1)C[C@H](NC(=O)[C@H](C(C)C)N1CCC3(CCN(C)C3)C1=O)C(=O)N1CCC[C@H](N1)C(=O)OCC(C)(C)C2. The minimum absolute atomic E-state index is 0.0190. The minimum atomic E-state index is -1.01. The van der Waals surface area contributed by atoms with Crippen LogP contribution in [0.25, 0.3) is 33.4 Å². The van der Waals surface area contributed by atoms with Crippen LogP contribution < -0.4 is 10.7 Å². The number of pyridine rings is 1. The van der Waals surface area contributed by atoms with Gasteiger partial charge in [-0.2, -0.15) is 0 Å². The molecule has 3 aromatic heterocycles. The van der Waals surface area contributed by atoms with E-state index >= 15 is 0 Å². The van der Waals surface area contributed by atoms with Gasteiger partial charge >= 0.3 is 5.97 Å². The highest BCUT2D eigenvalue weighted by molar-refractivity contribution is 7.10. The summed E-state index contributed by atoms with van der Waals surface area (Å²) in [5.74, 6) is -1.33. The molecule has 3 fully saturated rings. The lowest BCUT2D eigenvalue weighted by Gasteiger charge is -2.36. The molecule has 62 heavy (non-hydrogen) atoms. The van der Waals surface area contributed by atoms with Gasteiger partial charge in [0, 0.05) is 78.7 Å². The van der Waals surface area contributed by atoms with Crippen LogP contribution in [0.5, 0.6) is 0 Å². The highest BCUT2D eigenvalue weighted by atomic mass is 32.1. The number of thiazole rings is 1. The number of methoxy groups -OCH3 is 1. The van der Waals surface area contributed by atoms with Gasteiger partial charge < -0.3 is 29.2 Å². The highest BCUT2D eigenvalue weighted by Gasteiger charge is 2.53. The van der Waals surface area contributed by atoms with E-state index in [0.29, 0.717) is 56.9 Å². The molecular weight excluding hydrogens is 805 g/mol. The summed E-state index contributed by atoms with van der Waals surface area (Å²) in [5.41, 5.74) is 9.00. The quantitative estimate of drug-likeness (QED) is 0.209. The number of likely N-dealkylation sites (tertiary alicyclic amines) is 2. The molecule has 15 heteroatoms. The predicted molar refractivity (Wildman–Crippen MR) is 239 cm³/mol. The number of ether oxygens (including phenoxy) is 2.